The van der Waals surface area contributed by atoms with Gasteiger partial charge in [-0.2, -0.15) is 0 Å². The number of nitrogens with one attached hydrogen (secondary N) is 1. The second-order valence-corrected chi connectivity index (χ2v) is 7.66. The number of nitrogens with zero attached hydrogens (tertiary/aromatic N) is 3. The molecule has 0 unspecified atom stereocenters. The van der Waals surface area contributed by atoms with Gasteiger partial charge in [0.2, 0.25) is 5.91 Å². The van der Waals surface area contributed by atoms with Gasteiger partial charge in [-0.3, -0.25) is 9.59 Å². The third-order valence-corrected chi connectivity index (χ3v) is 5.71. The molecule has 2 aliphatic heterocycles. The Hall–Kier alpha value is -1.54. The predicted molar refractivity (Wildman–Crippen MR) is 106 cm³/mol. The number of piperazine rings is 1. The second-order valence-electron chi connectivity index (χ2n) is 5.81. The summed E-state index contributed by atoms with van der Waals surface area (Å²) in [6.07, 6.45) is 1.37. The maximum absolute atomic E-state index is 12.4. The largest absolute Gasteiger partial charge is 0.337 e. The van der Waals surface area contributed by atoms with Crippen molar-refractivity contribution in [2.75, 3.05) is 32.7 Å². The van der Waals surface area contributed by atoms with E-state index in [1.807, 2.05) is 0 Å². The van der Waals surface area contributed by atoms with Gasteiger partial charge in [0, 0.05) is 32.3 Å². The van der Waals surface area contributed by atoms with Gasteiger partial charge in [0.25, 0.3) is 5.91 Å². The van der Waals surface area contributed by atoms with Crippen LogP contribution in [-0.2, 0) is 9.59 Å². The van der Waals surface area contributed by atoms with Crippen LogP contribution in [0.1, 0.15) is 6.92 Å². The Morgan fingerprint density at radius 3 is 2.54 bits per heavy atom. The van der Waals surface area contributed by atoms with Crippen LogP contribution in [0.4, 0.5) is 5.69 Å². The molecule has 0 bridgehead atoms. The summed E-state index contributed by atoms with van der Waals surface area (Å²) in [7, 11) is 0. The molecule has 2 fully saturated rings. The van der Waals surface area contributed by atoms with Crippen LogP contribution in [0.5, 0.6) is 0 Å². The zero-order chi connectivity index (χ0) is 18.7. The second kappa shape index (κ2) is 8.43. The summed E-state index contributed by atoms with van der Waals surface area (Å²) in [5, 5.41) is 3.77. The number of rotatable bonds is 3. The number of amides is 2. The highest BCUT2D eigenvalue weighted by atomic mass is 35.5. The molecule has 2 heterocycles. The molecule has 2 saturated heterocycles. The van der Waals surface area contributed by atoms with E-state index in [2.05, 4.69) is 22.1 Å². The van der Waals surface area contributed by atoms with E-state index < -0.39 is 0 Å². The van der Waals surface area contributed by atoms with E-state index in [-0.39, 0.29) is 11.8 Å². The number of thioether (sulfide) groups is 1. The Morgan fingerprint density at radius 2 is 1.92 bits per heavy atom. The third-order valence-electron chi connectivity index (χ3n) is 4.19. The number of hydrogen-bond acceptors (Lipinski definition) is 5. The summed E-state index contributed by atoms with van der Waals surface area (Å²) in [6.45, 7) is 6.11. The molecule has 0 radical (unpaired) electrons. The quantitative estimate of drug-likeness (QED) is 0.775. The van der Waals surface area contributed by atoms with Gasteiger partial charge in [-0.1, -0.05) is 36.2 Å². The van der Waals surface area contributed by atoms with Crippen molar-refractivity contribution in [3.63, 3.8) is 0 Å². The molecule has 1 aromatic carbocycles. The Kier molecular flexibility index (Phi) is 6.24. The lowest BCUT2D eigenvalue weighted by molar-refractivity contribution is -0.128. The Morgan fingerprint density at radius 1 is 1.27 bits per heavy atom. The van der Waals surface area contributed by atoms with Crippen molar-refractivity contribution in [1.82, 2.24) is 15.1 Å². The molecule has 6 nitrogen and oxygen atoms in total. The van der Waals surface area contributed by atoms with Gasteiger partial charge in [0.05, 0.1) is 15.0 Å². The minimum absolute atomic E-state index is 0.157. The highest BCUT2D eigenvalue weighted by Crippen LogP contribution is 2.35. The lowest BCUT2D eigenvalue weighted by Gasteiger charge is -2.33. The van der Waals surface area contributed by atoms with Crippen molar-refractivity contribution >= 4 is 57.6 Å². The number of amidine groups is 1. The van der Waals surface area contributed by atoms with E-state index in [0.29, 0.717) is 38.9 Å². The van der Waals surface area contributed by atoms with Crippen LogP contribution in [0.3, 0.4) is 0 Å². The molecular weight excluding hydrogens is 395 g/mol. The first kappa shape index (κ1) is 19.2. The van der Waals surface area contributed by atoms with Crippen molar-refractivity contribution in [3.05, 3.63) is 39.2 Å². The van der Waals surface area contributed by atoms with E-state index >= 15 is 0 Å². The van der Waals surface area contributed by atoms with E-state index in [1.165, 1.54) is 6.08 Å². The molecule has 0 spiro atoms. The molecule has 0 saturated carbocycles. The summed E-state index contributed by atoms with van der Waals surface area (Å²) in [4.78, 5) is 33.2. The molecular formula is C17H18Cl2N4O2S. The number of hydrogen-bond donors (Lipinski definition) is 1. The number of aliphatic imine (C=N–C) groups is 1. The fourth-order valence-electron chi connectivity index (χ4n) is 2.67. The fourth-order valence-corrected chi connectivity index (χ4v) is 3.94. The first-order valence-corrected chi connectivity index (χ1v) is 9.80. The lowest BCUT2D eigenvalue weighted by atomic mass is 10.3. The van der Waals surface area contributed by atoms with Gasteiger partial charge in [-0.15, -0.1) is 0 Å². The minimum atomic E-state index is -0.350. The molecule has 26 heavy (non-hydrogen) atoms. The van der Waals surface area contributed by atoms with Crippen LogP contribution in [-0.4, -0.2) is 59.5 Å². The average molecular weight is 413 g/mol. The molecule has 0 atom stereocenters. The van der Waals surface area contributed by atoms with Crippen molar-refractivity contribution in [2.45, 2.75) is 6.92 Å². The van der Waals surface area contributed by atoms with Gasteiger partial charge in [-0.05, 0) is 30.4 Å². The van der Waals surface area contributed by atoms with Crippen LogP contribution in [0, 0.1) is 0 Å². The van der Waals surface area contributed by atoms with Crippen molar-refractivity contribution in [1.29, 1.82) is 0 Å². The van der Waals surface area contributed by atoms with Gasteiger partial charge in [0.15, 0.2) is 5.17 Å². The Bertz CT molecular complexity index is 769. The monoisotopic (exact) mass is 412 g/mol. The molecule has 0 aromatic heterocycles. The molecule has 3 rings (SSSR count). The van der Waals surface area contributed by atoms with E-state index in [0.717, 1.165) is 31.4 Å². The van der Waals surface area contributed by atoms with E-state index in [1.54, 1.807) is 23.1 Å². The van der Waals surface area contributed by atoms with Crippen LogP contribution in [0.15, 0.2) is 34.2 Å². The summed E-state index contributed by atoms with van der Waals surface area (Å²) in [6, 6.07) is 5.06. The molecule has 9 heteroatoms. The van der Waals surface area contributed by atoms with Crippen LogP contribution in [0.25, 0.3) is 0 Å². The number of halogens is 2. The molecule has 2 aliphatic rings. The topological polar surface area (TPSA) is 65.0 Å². The van der Waals surface area contributed by atoms with E-state index in [4.69, 9.17) is 23.2 Å². The van der Waals surface area contributed by atoms with Gasteiger partial charge >= 0.3 is 0 Å². The van der Waals surface area contributed by atoms with Gasteiger partial charge < -0.3 is 15.1 Å². The maximum Gasteiger partial charge on any atom is 0.264 e. The van der Waals surface area contributed by atoms with Crippen molar-refractivity contribution in [2.24, 2.45) is 4.99 Å². The zero-order valence-corrected chi connectivity index (χ0v) is 16.5. The maximum atomic E-state index is 12.4. The molecule has 2 amide bonds. The zero-order valence-electron chi connectivity index (χ0n) is 14.2. The first-order chi connectivity index (χ1) is 12.5. The molecule has 138 valence electrons. The fraction of sp³-hybridized carbons (Fsp3) is 0.353. The van der Waals surface area contributed by atoms with Crippen LogP contribution in [0.2, 0.25) is 10.0 Å². The highest BCUT2D eigenvalue weighted by Gasteiger charge is 2.27. The molecule has 1 N–H and O–H groups in total. The number of carbonyl (C=O) groups is 2. The van der Waals surface area contributed by atoms with Gasteiger partial charge in [0.1, 0.15) is 5.69 Å². The number of likely N-dealkylation sites (N-methyl/N-ethyl adjacent to an activating group) is 1. The minimum Gasteiger partial charge on any atom is -0.337 e. The van der Waals surface area contributed by atoms with Gasteiger partial charge in [-0.25, -0.2) is 4.99 Å². The standard InChI is InChI=1S/C17H18Cl2N4O2S/c1-2-22-6-8-23(9-7-22)14(24)10-13-16(25)21-17(26-13)20-15-11(18)4-3-5-12(15)19/h3-5,10H,2,6-9H2,1H3,(H,20,21,25). The normalized spacial score (nSPS) is 21.5. The highest BCUT2D eigenvalue weighted by molar-refractivity contribution is 8.18. The average Bonchev–Trinajstić information content (AvgIpc) is 2.97. The summed E-state index contributed by atoms with van der Waals surface area (Å²) < 4.78 is 0. The smallest absolute Gasteiger partial charge is 0.264 e. The summed E-state index contributed by atoms with van der Waals surface area (Å²) >= 11 is 13.3. The Labute approximate surface area is 166 Å². The predicted octanol–water partition coefficient (Wildman–Crippen LogP) is 2.89. The summed E-state index contributed by atoms with van der Waals surface area (Å²) in [5.41, 5.74) is 0.391. The van der Waals surface area contributed by atoms with Crippen molar-refractivity contribution in [3.8, 4) is 0 Å². The summed E-state index contributed by atoms with van der Waals surface area (Å²) in [5.74, 6) is -0.507. The lowest BCUT2D eigenvalue weighted by Crippen LogP contribution is -2.48. The molecule has 1 aromatic rings. The van der Waals surface area contributed by atoms with Crippen molar-refractivity contribution < 1.29 is 9.59 Å². The first-order valence-electron chi connectivity index (χ1n) is 8.22. The van der Waals surface area contributed by atoms with Crippen LogP contribution >= 0.6 is 35.0 Å². The van der Waals surface area contributed by atoms with E-state index in [9.17, 15) is 9.59 Å². The number of benzene rings is 1. The SMILES string of the molecule is CCN1CCN(C(=O)C=C2SC(=Nc3c(Cl)cccc3Cl)NC2=O)CC1. The number of para-hydroxylation sites is 1. The van der Waals surface area contributed by atoms with Crippen LogP contribution < -0.4 is 5.32 Å². The Balaban J connectivity index is 1.70. The molecule has 0 aliphatic carbocycles. The third kappa shape index (κ3) is 4.40. The number of carbonyl (C=O) groups excluding carboxylic acids is 2.